The van der Waals surface area contributed by atoms with Crippen LogP contribution in [-0.2, 0) is 0 Å². The summed E-state index contributed by atoms with van der Waals surface area (Å²) in [6, 6.07) is 11.4. The van der Waals surface area contributed by atoms with Crippen LogP contribution in [0.25, 0.3) is 5.57 Å². The Morgan fingerprint density at radius 2 is 1.75 bits per heavy atom. The quantitative estimate of drug-likeness (QED) is 0.520. The van der Waals surface area contributed by atoms with E-state index in [1.807, 2.05) is 36.4 Å². The number of nitrogens with zero attached hydrogens (tertiary/aromatic N) is 1. The van der Waals surface area contributed by atoms with Crippen LogP contribution in [0.2, 0.25) is 0 Å². The molecule has 1 nitrogen and oxygen atoms in total. The lowest BCUT2D eigenvalue weighted by Crippen LogP contribution is -1.80. The maximum absolute atomic E-state index is 8.74. The molecule has 0 fully saturated rings. The Bertz CT molecular complexity index is 331. The fourth-order valence-electron chi connectivity index (χ4n) is 0.848. The Morgan fingerprint density at radius 3 is 2.17 bits per heavy atom. The number of hydrogen-bond acceptors (Lipinski definition) is 3. The summed E-state index contributed by atoms with van der Waals surface area (Å²) in [5, 5.41) is 8.74. The summed E-state index contributed by atoms with van der Waals surface area (Å²) in [5.41, 5.74) is 1.35. The van der Waals surface area contributed by atoms with Gasteiger partial charge in [-0.2, -0.15) is 5.26 Å². The van der Waals surface area contributed by atoms with Crippen molar-refractivity contribution < 1.29 is 0 Å². The van der Waals surface area contributed by atoms with Gasteiger partial charge < -0.3 is 0 Å². The van der Waals surface area contributed by atoms with Crippen LogP contribution in [0.15, 0.2) is 34.6 Å². The highest BCUT2D eigenvalue weighted by atomic mass is 32.2. The van der Waals surface area contributed by atoms with Crippen molar-refractivity contribution in [2.45, 2.75) is 0 Å². The van der Waals surface area contributed by atoms with Crippen molar-refractivity contribution in [2.75, 3.05) is 0 Å². The molecule has 60 valence electrons. The maximum Gasteiger partial charge on any atom is 0.101 e. The molecule has 0 aromatic heterocycles. The molecule has 0 spiro atoms. The number of thiol groups is 2. The van der Waals surface area contributed by atoms with Crippen LogP contribution >= 0.6 is 25.3 Å². The molecular formula is C9H7NS2. The van der Waals surface area contributed by atoms with E-state index in [-0.39, 0.29) is 0 Å². The number of allylic oxidation sites excluding steroid dienone is 1. The SMILES string of the molecule is N#CC(=C(S)S)c1ccccc1. The Hall–Kier alpha value is -0.850. The van der Waals surface area contributed by atoms with Gasteiger partial charge >= 0.3 is 0 Å². The van der Waals surface area contributed by atoms with E-state index < -0.39 is 0 Å². The zero-order chi connectivity index (χ0) is 8.97. The standard InChI is InChI=1S/C9H7NS2/c10-6-8(9(11)12)7-4-2-1-3-5-7/h1-5,11-12H. The van der Waals surface area contributed by atoms with E-state index in [0.29, 0.717) is 9.81 Å². The normalized spacial score (nSPS) is 8.75. The Kier molecular flexibility index (Phi) is 3.27. The van der Waals surface area contributed by atoms with Gasteiger partial charge in [0.05, 0.1) is 9.81 Å². The Morgan fingerprint density at radius 1 is 1.17 bits per heavy atom. The highest BCUT2D eigenvalue weighted by Crippen LogP contribution is 2.22. The summed E-state index contributed by atoms with van der Waals surface area (Å²) >= 11 is 8.01. The van der Waals surface area contributed by atoms with Crippen LogP contribution in [0, 0.1) is 11.3 Å². The topological polar surface area (TPSA) is 23.8 Å². The smallest absolute Gasteiger partial charge is 0.101 e. The minimum absolute atomic E-state index is 0.448. The first-order chi connectivity index (χ1) is 5.75. The molecule has 0 saturated carbocycles. The molecule has 1 rings (SSSR count). The van der Waals surface area contributed by atoms with Gasteiger partial charge in [-0.1, -0.05) is 30.3 Å². The first kappa shape index (κ1) is 9.24. The number of rotatable bonds is 1. The Balaban J connectivity index is 3.17. The minimum Gasteiger partial charge on any atom is -0.192 e. The van der Waals surface area contributed by atoms with E-state index in [1.165, 1.54) is 0 Å². The molecule has 0 unspecified atom stereocenters. The lowest BCUT2D eigenvalue weighted by atomic mass is 10.1. The van der Waals surface area contributed by atoms with Crippen molar-refractivity contribution in [1.82, 2.24) is 0 Å². The molecule has 0 radical (unpaired) electrons. The van der Waals surface area contributed by atoms with Crippen molar-refractivity contribution in [2.24, 2.45) is 0 Å². The lowest BCUT2D eigenvalue weighted by Gasteiger charge is -1.98. The van der Waals surface area contributed by atoms with Gasteiger partial charge in [-0.25, -0.2) is 0 Å². The predicted molar refractivity (Wildman–Crippen MR) is 56.9 cm³/mol. The van der Waals surface area contributed by atoms with E-state index >= 15 is 0 Å². The molecule has 0 saturated heterocycles. The highest BCUT2D eigenvalue weighted by Gasteiger charge is 2.01. The van der Waals surface area contributed by atoms with Gasteiger partial charge in [-0.3, -0.25) is 0 Å². The van der Waals surface area contributed by atoms with E-state index in [0.717, 1.165) is 5.56 Å². The van der Waals surface area contributed by atoms with Crippen molar-refractivity contribution in [3.63, 3.8) is 0 Å². The summed E-state index contributed by atoms with van der Waals surface area (Å²) < 4.78 is 0.448. The molecule has 0 aliphatic heterocycles. The second-order valence-corrected chi connectivity index (χ2v) is 3.42. The van der Waals surface area contributed by atoms with Gasteiger partial charge in [-0.05, 0) is 5.56 Å². The zero-order valence-corrected chi connectivity index (χ0v) is 8.02. The summed E-state index contributed by atoms with van der Waals surface area (Å²) in [7, 11) is 0. The van der Waals surface area contributed by atoms with Crippen LogP contribution in [0.4, 0.5) is 0 Å². The van der Waals surface area contributed by atoms with Gasteiger partial charge in [0.15, 0.2) is 0 Å². The van der Waals surface area contributed by atoms with Crippen LogP contribution < -0.4 is 0 Å². The molecule has 0 heterocycles. The first-order valence-electron chi connectivity index (χ1n) is 3.33. The third-order valence-electron chi connectivity index (χ3n) is 1.40. The molecule has 0 atom stereocenters. The molecule has 0 aliphatic carbocycles. The molecule has 0 aliphatic rings. The van der Waals surface area contributed by atoms with Crippen molar-refractivity contribution >= 4 is 30.8 Å². The van der Waals surface area contributed by atoms with E-state index in [1.54, 1.807) is 0 Å². The van der Waals surface area contributed by atoms with Crippen LogP contribution in [-0.4, -0.2) is 0 Å². The second kappa shape index (κ2) is 4.24. The minimum atomic E-state index is 0.448. The van der Waals surface area contributed by atoms with Crippen LogP contribution in [0.3, 0.4) is 0 Å². The monoisotopic (exact) mass is 193 g/mol. The summed E-state index contributed by atoms with van der Waals surface area (Å²) in [5.74, 6) is 0. The number of hydrogen-bond donors (Lipinski definition) is 2. The largest absolute Gasteiger partial charge is 0.192 e. The van der Waals surface area contributed by atoms with E-state index in [9.17, 15) is 0 Å². The highest BCUT2D eigenvalue weighted by molar-refractivity contribution is 8.05. The van der Waals surface area contributed by atoms with Crippen molar-refractivity contribution in [3.8, 4) is 6.07 Å². The third kappa shape index (κ3) is 2.07. The second-order valence-electron chi connectivity index (χ2n) is 2.18. The summed E-state index contributed by atoms with van der Waals surface area (Å²) in [4.78, 5) is 0. The molecule has 0 bridgehead atoms. The number of nitriles is 1. The van der Waals surface area contributed by atoms with Gasteiger partial charge in [0.25, 0.3) is 0 Å². The number of benzene rings is 1. The van der Waals surface area contributed by atoms with Gasteiger partial charge in [0.1, 0.15) is 6.07 Å². The van der Waals surface area contributed by atoms with Crippen LogP contribution in [0.5, 0.6) is 0 Å². The van der Waals surface area contributed by atoms with Gasteiger partial charge in [0.2, 0.25) is 0 Å². The molecule has 3 heteroatoms. The fraction of sp³-hybridized carbons (Fsp3) is 0. The average Bonchev–Trinajstić information content (AvgIpc) is 2.07. The zero-order valence-electron chi connectivity index (χ0n) is 6.23. The van der Waals surface area contributed by atoms with Gasteiger partial charge in [-0.15, -0.1) is 25.3 Å². The fourth-order valence-corrected chi connectivity index (χ4v) is 1.21. The lowest BCUT2D eigenvalue weighted by molar-refractivity contribution is 1.52. The van der Waals surface area contributed by atoms with Crippen molar-refractivity contribution in [1.29, 1.82) is 5.26 Å². The summed E-state index contributed by atoms with van der Waals surface area (Å²) in [6.07, 6.45) is 0. The molecule has 12 heavy (non-hydrogen) atoms. The van der Waals surface area contributed by atoms with Crippen LogP contribution in [0.1, 0.15) is 5.56 Å². The van der Waals surface area contributed by atoms with Crippen molar-refractivity contribution in [3.05, 3.63) is 40.1 Å². The molecule has 0 amide bonds. The Labute approximate surface area is 82.5 Å². The van der Waals surface area contributed by atoms with Gasteiger partial charge in [0, 0.05) is 0 Å². The maximum atomic E-state index is 8.74. The molecule has 1 aromatic carbocycles. The molecule has 1 aromatic rings. The molecule has 0 N–H and O–H groups in total. The van der Waals surface area contributed by atoms with E-state index in [2.05, 4.69) is 25.3 Å². The molecular weight excluding hydrogens is 186 g/mol. The first-order valence-corrected chi connectivity index (χ1v) is 4.23. The average molecular weight is 193 g/mol. The summed E-state index contributed by atoms with van der Waals surface area (Å²) in [6.45, 7) is 0. The predicted octanol–water partition coefficient (Wildman–Crippen LogP) is 2.74. The van der Waals surface area contributed by atoms with E-state index in [4.69, 9.17) is 5.26 Å². The third-order valence-corrected chi connectivity index (χ3v) is 1.85.